The summed E-state index contributed by atoms with van der Waals surface area (Å²) in [5, 5.41) is 20.2. The van der Waals surface area contributed by atoms with Gasteiger partial charge in [0.1, 0.15) is 0 Å². The number of benzene rings is 1. The second-order valence-electron chi connectivity index (χ2n) is 2.99. The van der Waals surface area contributed by atoms with Crippen LogP contribution in [0.1, 0.15) is 5.56 Å². The van der Waals surface area contributed by atoms with Gasteiger partial charge < -0.3 is 0 Å². The molecule has 1 aromatic carbocycles. The molecule has 0 amide bonds. The molecule has 15 heavy (non-hydrogen) atoms. The first kappa shape index (κ1) is 12.8. The summed E-state index contributed by atoms with van der Waals surface area (Å²) in [6, 6.07) is 3.46. The summed E-state index contributed by atoms with van der Waals surface area (Å²) in [5.74, 6) is 0. The van der Waals surface area contributed by atoms with Gasteiger partial charge in [-0.2, -0.15) is 0 Å². The average molecular weight is 330 g/mol. The molecule has 0 aliphatic heterocycles. The van der Waals surface area contributed by atoms with E-state index in [0.29, 0.717) is 4.35 Å². The summed E-state index contributed by atoms with van der Waals surface area (Å²) in [6.45, 7) is 2.10. The summed E-state index contributed by atoms with van der Waals surface area (Å²) in [6.07, 6.45) is 0. The molecule has 0 heterocycles. The van der Waals surface area contributed by atoms with Crippen molar-refractivity contribution in [3.8, 4) is 0 Å². The third-order valence-electron chi connectivity index (χ3n) is 1.87. The molecule has 0 aliphatic rings. The SMILES string of the molecule is Cc1cc([As])c([N+](=O)[O-])cc1[As]CCO. The van der Waals surface area contributed by atoms with Crippen LogP contribution in [0.25, 0.3) is 0 Å². The summed E-state index contributed by atoms with van der Waals surface area (Å²) in [7, 11) is 0. The van der Waals surface area contributed by atoms with E-state index in [1.165, 1.54) is 0 Å². The number of hydrogen-bond donors (Lipinski definition) is 1. The van der Waals surface area contributed by atoms with E-state index >= 15 is 0 Å². The van der Waals surface area contributed by atoms with E-state index in [-0.39, 0.29) is 33.0 Å². The third kappa shape index (κ3) is 3.34. The van der Waals surface area contributed by atoms with Crippen molar-refractivity contribution >= 4 is 47.0 Å². The fourth-order valence-electron chi connectivity index (χ4n) is 1.16. The minimum atomic E-state index is -0.364. The first-order valence-electron chi connectivity index (χ1n) is 4.32. The van der Waals surface area contributed by atoms with Crippen molar-refractivity contribution in [2.45, 2.75) is 12.1 Å². The van der Waals surface area contributed by atoms with Crippen molar-refractivity contribution in [1.82, 2.24) is 0 Å². The Bertz CT molecular complexity index is 382. The van der Waals surface area contributed by atoms with Crippen molar-refractivity contribution < 1.29 is 10.0 Å². The molecule has 0 bridgehead atoms. The van der Waals surface area contributed by atoms with Crippen LogP contribution < -0.4 is 8.70 Å². The number of hydrogen-bond acceptors (Lipinski definition) is 3. The zero-order valence-corrected chi connectivity index (χ0v) is 11.9. The number of rotatable bonds is 4. The van der Waals surface area contributed by atoms with E-state index < -0.39 is 0 Å². The Morgan fingerprint density at radius 2 is 2.27 bits per heavy atom. The molecule has 0 saturated carbocycles. The Hall–Kier alpha value is -0.303. The Balaban J connectivity index is 3.06. The van der Waals surface area contributed by atoms with Gasteiger partial charge in [-0.3, -0.25) is 0 Å². The van der Waals surface area contributed by atoms with Gasteiger partial charge in [-0.05, 0) is 0 Å². The van der Waals surface area contributed by atoms with E-state index in [2.05, 4.69) is 16.9 Å². The maximum atomic E-state index is 10.7. The molecule has 0 atom stereocenters. The summed E-state index contributed by atoms with van der Waals surface area (Å²) < 4.78 is 1.67. The normalized spacial score (nSPS) is 11.1. The molecule has 0 fully saturated rings. The van der Waals surface area contributed by atoms with Crippen LogP contribution in [0.3, 0.4) is 0 Å². The van der Waals surface area contributed by atoms with Crippen LogP contribution in [0.4, 0.5) is 5.69 Å². The van der Waals surface area contributed by atoms with Crippen LogP contribution in [0.2, 0.25) is 5.21 Å². The number of nitro benzene ring substituents is 1. The molecule has 0 saturated heterocycles. The van der Waals surface area contributed by atoms with Crippen molar-refractivity contribution in [2.75, 3.05) is 6.61 Å². The second kappa shape index (κ2) is 5.69. The predicted molar refractivity (Wildman–Crippen MR) is 60.5 cm³/mol. The fraction of sp³-hybridized carbons (Fsp3) is 0.333. The molecule has 1 aromatic rings. The topological polar surface area (TPSA) is 63.4 Å². The van der Waals surface area contributed by atoms with Gasteiger partial charge >= 0.3 is 104 Å². The molecule has 6 heteroatoms. The van der Waals surface area contributed by atoms with Crippen molar-refractivity contribution in [3.63, 3.8) is 0 Å². The molecule has 1 N–H and O–H groups in total. The van der Waals surface area contributed by atoms with E-state index in [1.807, 2.05) is 13.0 Å². The van der Waals surface area contributed by atoms with Gasteiger partial charge in [-0.25, -0.2) is 0 Å². The van der Waals surface area contributed by atoms with Crippen molar-refractivity contribution in [1.29, 1.82) is 0 Å². The molecule has 1 rings (SSSR count). The fourth-order valence-corrected chi connectivity index (χ4v) is 3.69. The number of nitrogens with zero attached hydrogens (tertiary/aromatic N) is 1. The quantitative estimate of drug-likeness (QED) is 0.457. The number of aliphatic hydroxyl groups is 1. The monoisotopic (exact) mass is 330 g/mol. The van der Waals surface area contributed by atoms with Crippen LogP contribution in [0, 0.1) is 17.0 Å². The first-order valence-corrected chi connectivity index (χ1v) is 7.53. The van der Waals surface area contributed by atoms with Gasteiger partial charge in [0.2, 0.25) is 0 Å². The van der Waals surface area contributed by atoms with Gasteiger partial charge in [-0.1, -0.05) is 0 Å². The minimum absolute atomic E-state index is 0.150. The number of aliphatic hydroxyl groups excluding tert-OH is 1. The zero-order chi connectivity index (χ0) is 11.4. The Morgan fingerprint density at radius 3 is 2.80 bits per heavy atom. The van der Waals surface area contributed by atoms with Crippen LogP contribution in [0.15, 0.2) is 12.1 Å². The van der Waals surface area contributed by atoms with Crippen LogP contribution in [0.5, 0.6) is 0 Å². The standard InChI is InChI=1S/C9H10As2NO3/c1-6-4-7(10)9(12(14)15)5-8(6)11-2-3-13/h4-5,13H,2-3H2,1H3. The Labute approximate surface area is 103 Å². The van der Waals surface area contributed by atoms with Crippen LogP contribution >= 0.6 is 0 Å². The molecule has 4 nitrogen and oxygen atoms in total. The van der Waals surface area contributed by atoms with Gasteiger partial charge in [-0.15, -0.1) is 0 Å². The van der Waals surface area contributed by atoms with Crippen molar-refractivity contribution in [2.24, 2.45) is 0 Å². The van der Waals surface area contributed by atoms with Crippen molar-refractivity contribution in [3.05, 3.63) is 27.8 Å². The Morgan fingerprint density at radius 1 is 1.60 bits per heavy atom. The van der Waals surface area contributed by atoms with Crippen LogP contribution in [-0.2, 0) is 0 Å². The molecular formula is C9H10As2NO3. The molecule has 0 unspecified atom stereocenters. The van der Waals surface area contributed by atoms with E-state index in [9.17, 15) is 10.1 Å². The predicted octanol–water partition coefficient (Wildman–Crippen LogP) is -0.563. The molecule has 0 aromatic heterocycles. The number of aryl methyl sites for hydroxylation is 1. The molecule has 79 valence electrons. The first-order chi connectivity index (χ1) is 7.06. The number of nitro groups is 1. The maximum absolute atomic E-state index is 10.7. The molecular weight excluding hydrogens is 320 g/mol. The van der Waals surface area contributed by atoms with Gasteiger partial charge in [0.05, 0.1) is 0 Å². The van der Waals surface area contributed by atoms with Gasteiger partial charge in [0.25, 0.3) is 0 Å². The molecule has 0 aliphatic carbocycles. The van der Waals surface area contributed by atoms with Gasteiger partial charge in [0.15, 0.2) is 0 Å². The summed E-state index contributed by atoms with van der Waals surface area (Å²) in [4.78, 5) is 10.4. The summed E-state index contributed by atoms with van der Waals surface area (Å²) >= 11 is 2.06. The second-order valence-corrected chi connectivity index (χ2v) is 6.61. The molecule has 0 spiro atoms. The van der Waals surface area contributed by atoms with E-state index in [4.69, 9.17) is 5.11 Å². The average Bonchev–Trinajstić information content (AvgIpc) is 2.16. The zero-order valence-electron chi connectivity index (χ0n) is 8.17. The Kier molecular flexibility index (Phi) is 4.84. The third-order valence-corrected chi connectivity index (χ3v) is 5.24. The molecule has 3 radical (unpaired) electrons. The van der Waals surface area contributed by atoms with Crippen LogP contribution in [-0.4, -0.2) is 49.2 Å². The van der Waals surface area contributed by atoms with E-state index in [1.54, 1.807) is 6.07 Å². The van der Waals surface area contributed by atoms with E-state index in [0.717, 1.165) is 15.1 Å². The van der Waals surface area contributed by atoms with Gasteiger partial charge in [0, 0.05) is 0 Å². The summed E-state index contributed by atoms with van der Waals surface area (Å²) in [5.41, 5.74) is 1.23.